The van der Waals surface area contributed by atoms with Crippen LogP contribution in [0.3, 0.4) is 0 Å². The van der Waals surface area contributed by atoms with Gasteiger partial charge in [0.2, 0.25) is 18.4 Å². The minimum atomic E-state index is -1.62. The monoisotopic (exact) mass is 399 g/mol. The second kappa shape index (κ2) is 7.83. The summed E-state index contributed by atoms with van der Waals surface area (Å²) in [5.41, 5.74) is -0.996. The molecule has 154 valence electrons. The van der Waals surface area contributed by atoms with Crippen molar-refractivity contribution in [1.82, 2.24) is 0 Å². The summed E-state index contributed by atoms with van der Waals surface area (Å²) in [7, 11) is 1.54. The Morgan fingerprint density at radius 2 is 1.76 bits per heavy atom. The number of rotatable bonds is 6. The molecule has 0 amide bonds. The highest BCUT2D eigenvalue weighted by molar-refractivity contribution is 5.84. The van der Waals surface area contributed by atoms with E-state index in [-0.39, 0.29) is 0 Å². The van der Waals surface area contributed by atoms with Gasteiger partial charge in [0.05, 0.1) is 13.0 Å². The van der Waals surface area contributed by atoms with Gasteiger partial charge >= 0.3 is 5.97 Å². The van der Waals surface area contributed by atoms with E-state index in [0.29, 0.717) is 16.9 Å². The number of hydrogen-bond acceptors (Lipinski definition) is 6. The third-order valence-corrected chi connectivity index (χ3v) is 5.06. The van der Waals surface area contributed by atoms with Crippen LogP contribution in [0, 0.1) is 15.5 Å². The predicted octanol–water partition coefficient (Wildman–Crippen LogP) is 3.90. The van der Waals surface area contributed by atoms with Crippen LogP contribution in [-0.4, -0.2) is 30.8 Å². The van der Waals surface area contributed by atoms with Crippen LogP contribution >= 0.6 is 0 Å². The number of cyclic esters (lactones) is 1. The number of carbonyl (C=O) groups excluding carboxylic acids is 1. The zero-order chi connectivity index (χ0) is 21.2. The van der Waals surface area contributed by atoms with E-state index in [1.165, 1.54) is 0 Å². The number of benzene rings is 2. The summed E-state index contributed by atoms with van der Waals surface area (Å²) in [6, 6.07) is 15.7. The number of hydrogen-bond donors (Lipinski definition) is 0. The molecule has 0 saturated carbocycles. The fraction of sp³-hybridized carbons (Fsp3) is 0.409. The third kappa shape index (κ3) is 3.96. The number of methoxy groups -OCH3 is 1. The smallest absolute Gasteiger partial charge is 0.346 e. The van der Waals surface area contributed by atoms with E-state index in [1.54, 1.807) is 55.6 Å². The van der Waals surface area contributed by atoms with E-state index >= 15 is 0 Å². The molecule has 0 radical (unpaired) electrons. The van der Waals surface area contributed by atoms with E-state index in [2.05, 4.69) is 0 Å². The maximum Gasteiger partial charge on any atom is 0.346 e. The van der Waals surface area contributed by atoms with Crippen molar-refractivity contribution in [3.8, 4) is 5.75 Å². The van der Waals surface area contributed by atoms with E-state index in [9.17, 15) is 14.9 Å². The molecule has 1 saturated heterocycles. The summed E-state index contributed by atoms with van der Waals surface area (Å²) in [4.78, 5) is 24.4. The summed E-state index contributed by atoms with van der Waals surface area (Å²) in [6.07, 6.45) is -0.831. The normalized spacial score (nSPS) is 22.8. The summed E-state index contributed by atoms with van der Waals surface area (Å²) in [5, 5.41) is 11.6. The number of nitrogens with zero attached hydrogens (tertiary/aromatic N) is 1. The standard InChI is InChI=1S/C22H25NO6/c1-21(2,3)20-28-19(24)22(29-20,16-8-6-5-7-9-16)18(14-23(25)26)15-10-12-17(27-4)13-11-15/h5-13,18,20H,14H2,1-4H3/t18-,20+,22+/m0/s1. The van der Waals surface area contributed by atoms with Crippen molar-refractivity contribution in [2.24, 2.45) is 5.41 Å². The van der Waals surface area contributed by atoms with Gasteiger partial charge in [-0.25, -0.2) is 4.79 Å². The maximum atomic E-state index is 13.3. The lowest BCUT2D eigenvalue weighted by Crippen LogP contribution is -2.43. The fourth-order valence-corrected chi connectivity index (χ4v) is 3.53. The molecule has 0 aromatic heterocycles. The first-order valence-corrected chi connectivity index (χ1v) is 9.38. The molecule has 0 unspecified atom stereocenters. The van der Waals surface area contributed by atoms with Crippen molar-refractivity contribution >= 4 is 5.97 Å². The van der Waals surface area contributed by atoms with E-state index < -0.39 is 40.7 Å². The van der Waals surface area contributed by atoms with Crippen LogP contribution in [0.4, 0.5) is 0 Å². The van der Waals surface area contributed by atoms with Crippen LogP contribution in [0.15, 0.2) is 54.6 Å². The molecule has 29 heavy (non-hydrogen) atoms. The van der Waals surface area contributed by atoms with E-state index in [0.717, 1.165) is 0 Å². The van der Waals surface area contributed by atoms with Gasteiger partial charge in [0.15, 0.2) is 0 Å². The molecule has 7 nitrogen and oxygen atoms in total. The van der Waals surface area contributed by atoms with Crippen molar-refractivity contribution in [1.29, 1.82) is 0 Å². The minimum absolute atomic E-state index is 0.430. The average Bonchev–Trinajstić information content (AvgIpc) is 3.05. The number of esters is 1. The van der Waals surface area contributed by atoms with Crippen LogP contribution < -0.4 is 4.74 Å². The Balaban J connectivity index is 2.19. The van der Waals surface area contributed by atoms with Crippen LogP contribution in [0.25, 0.3) is 0 Å². The molecule has 1 fully saturated rings. The number of nitro groups is 1. The second-order valence-corrected chi connectivity index (χ2v) is 8.16. The van der Waals surface area contributed by atoms with Crippen LogP contribution in [0.5, 0.6) is 5.75 Å². The van der Waals surface area contributed by atoms with E-state index in [1.807, 2.05) is 26.8 Å². The third-order valence-electron chi connectivity index (χ3n) is 5.06. The van der Waals surface area contributed by atoms with Gasteiger partial charge in [-0.15, -0.1) is 0 Å². The van der Waals surface area contributed by atoms with Gasteiger partial charge in [0.1, 0.15) is 5.75 Å². The van der Waals surface area contributed by atoms with Crippen LogP contribution in [-0.2, 0) is 19.9 Å². The first-order valence-electron chi connectivity index (χ1n) is 9.38. The van der Waals surface area contributed by atoms with Crippen molar-refractivity contribution in [3.05, 3.63) is 75.8 Å². The first kappa shape index (κ1) is 20.8. The minimum Gasteiger partial charge on any atom is -0.497 e. The van der Waals surface area contributed by atoms with Crippen molar-refractivity contribution in [2.45, 2.75) is 38.6 Å². The van der Waals surface area contributed by atoms with Gasteiger partial charge < -0.3 is 14.2 Å². The predicted molar refractivity (Wildman–Crippen MR) is 106 cm³/mol. The van der Waals surface area contributed by atoms with Crippen LogP contribution in [0.1, 0.15) is 37.8 Å². The number of carbonyl (C=O) groups is 1. The molecule has 0 aliphatic carbocycles. The molecule has 1 aliphatic rings. The molecule has 0 bridgehead atoms. The molecule has 3 rings (SSSR count). The summed E-state index contributed by atoms with van der Waals surface area (Å²) in [6.45, 7) is 5.18. The zero-order valence-corrected chi connectivity index (χ0v) is 17.0. The molecular weight excluding hydrogens is 374 g/mol. The Labute approximate surface area is 169 Å². The Morgan fingerprint density at radius 1 is 1.14 bits per heavy atom. The summed E-state index contributed by atoms with van der Waals surface area (Å²) < 4.78 is 17.1. The zero-order valence-electron chi connectivity index (χ0n) is 17.0. The molecule has 1 heterocycles. The highest BCUT2D eigenvalue weighted by Crippen LogP contribution is 2.49. The Hall–Kier alpha value is -2.93. The Bertz CT molecular complexity index is 874. The van der Waals surface area contributed by atoms with Crippen molar-refractivity contribution in [3.63, 3.8) is 0 Å². The molecule has 2 aromatic rings. The first-order chi connectivity index (χ1) is 13.7. The lowest BCUT2D eigenvalue weighted by Gasteiger charge is -2.33. The van der Waals surface area contributed by atoms with Crippen molar-refractivity contribution < 1.29 is 23.9 Å². The Kier molecular flexibility index (Phi) is 5.61. The highest BCUT2D eigenvalue weighted by Gasteiger charge is 2.60. The summed E-state index contributed by atoms with van der Waals surface area (Å²) in [5.74, 6) is -0.887. The fourth-order valence-electron chi connectivity index (χ4n) is 3.53. The molecule has 1 aliphatic heterocycles. The molecular formula is C22H25NO6. The molecule has 0 N–H and O–H groups in total. The van der Waals surface area contributed by atoms with Crippen molar-refractivity contribution in [2.75, 3.05) is 13.7 Å². The van der Waals surface area contributed by atoms with Crippen LogP contribution in [0.2, 0.25) is 0 Å². The van der Waals surface area contributed by atoms with Gasteiger partial charge in [-0.1, -0.05) is 63.2 Å². The molecule has 0 spiro atoms. The SMILES string of the molecule is COc1ccc([C@H](C[N+](=O)[O-])[C@@]2(c3ccccc3)O[C@H](C(C)(C)C)OC2=O)cc1. The topological polar surface area (TPSA) is 87.9 Å². The van der Waals surface area contributed by atoms with Gasteiger partial charge in [-0.3, -0.25) is 10.1 Å². The molecule has 3 atom stereocenters. The second-order valence-electron chi connectivity index (χ2n) is 8.16. The largest absolute Gasteiger partial charge is 0.497 e. The molecule has 7 heteroatoms. The summed E-state index contributed by atoms with van der Waals surface area (Å²) >= 11 is 0. The molecule has 2 aromatic carbocycles. The van der Waals surface area contributed by atoms with Gasteiger partial charge in [0.25, 0.3) is 0 Å². The lowest BCUT2D eigenvalue weighted by atomic mass is 9.77. The Morgan fingerprint density at radius 3 is 2.24 bits per heavy atom. The lowest BCUT2D eigenvalue weighted by molar-refractivity contribution is -0.487. The highest BCUT2D eigenvalue weighted by atomic mass is 16.8. The quantitative estimate of drug-likeness (QED) is 0.416. The number of ether oxygens (including phenoxy) is 3. The van der Waals surface area contributed by atoms with Gasteiger partial charge in [-0.05, 0) is 23.3 Å². The average molecular weight is 399 g/mol. The van der Waals surface area contributed by atoms with E-state index in [4.69, 9.17) is 14.2 Å². The van der Waals surface area contributed by atoms with Gasteiger partial charge in [-0.2, -0.15) is 0 Å². The maximum absolute atomic E-state index is 13.3. The van der Waals surface area contributed by atoms with Gasteiger partial charge in [0, 0.05) is 10.3 Å².